The van der Waals surface area contributed by atoms with Crippen molar-refractivity contribution in [3.8, 4) is 0 Å². The molecule has 1 amide bonds. The maximum absolute atomic E-state index is 14.3. The van der Waals surface area contributed by atoms with E-state index in [1.165, 1.54) is 17.4 Å². The number of morpholine rings is 1. The van der Waals surface area contributed by atoms with E-state index >= 15 is 0 Å². The lowest BCUT2D eigenvalue weighted by Gasteiger charge is -2.27. The van der Waals surface area contributed by atoms with Crippen molar-refractivity contribution in [1.82, 2.24) is 9.88 Å². The number of thiophene rings is 1. The minimum Gasteiger partial charge on any atom is -0.378 e. The molecule has 0 saturated carbocycles. The van der Waals surface area contributed by atoms with Crippen molar-refractivity contribution in [2.45, 2.75) is 0 Å². The minimum absolute atomic E-state index is 0.0824. The zero-order valence-electron chi connectivity index (χ0n) is 13.7. The number of hydrogen-bond donors (Lipinski definition) is 1. The summed E-state index contributed by atoms with van der Waals surface area (Å²) in [5.41, 5.74) is 0.881. The van der Waals surface area contributed by atoms with E-state index in [2.05, 4.69) is 32.9 Å². The van der Waals surface area contributed by atoms with Gasteiger partial charge in [0.1, 0.15) is 15.6 Å². The van der Waals surface area contributed by atoms with Gasteiger partial charge in [-0.2, -0.15) is 0 Å². The Morgan fingerprint density at radius 2 is 2.12 bits per heavy atom. The Kier molecular flexibility index (Phi) is 5.05. The summed E-state index contributed by atoms with van der Waals surface area (Å²) in [6, 6.07) is 8.64. The second-order valence-electron chi connectivity index (χ2n) is 5.82. The molecule has 0 spiro atoms. The molecule has 3 aromatic rings. The second-order valence-corrected chi connectivity index (χ2v) is 8.06. The number of nitrogens with one attached hydrogen (secondary N) is 1. The Bertz CT molecular complexity index is 972. The summed E-state index contributed by atoms with van der Waals surface area (Å²) in [4.78, 5) is 20.0. The first-order valence-corrected chi connectivity index (χ1v) is 9.99. The number of benzene rings is 1. The summed E-state index contributed by atoms with van der Waals surface area (Å²) >= 11 is 3.42. The van der Waals surface area contributed by atoms with Crippen LogP contribution in [0.15, 0.2) is 36.5 Å². The average Bonchev–Trinajstić information content (AvgIpc) is 3.02. The van der Waals surface area contributed by atoms with Crippen LogP contribution in [0.1, 0.15) is 10.4 Å². The van der Waals surface area contributed by atoms with Crippen LogP contribution in [0.25, 0.3) is 10.2 Å². The number of halogens is 2. The van der Waals surface area contributed by atoms with Crippen molar-refractivity contribution in [1.29, 1.82) is 0 Å². The highest BCUT2D eigenvalue weighted by Crippen LogP contribution is 2.37. The lowest BCUT2D eigenvalue weighted by Crippen LogP contribution is -2.40. The molecular formula is C18H15FIN3O2S. The lowest BCUT2D eigenvalue weighted by atomic mass is 10.1. The largest absolute Gasteiger partial charge is 0.378 e. The molecule has 0 radical (unpaired) electrons. The van der Waals surface area contributed by atoms with Crippen LogP contribution < -0.4 is 5.32 Å². The number of fused-ring (bicyclic) bond motifs is 1. The smallest absolute Gasteiger partial charge is 0.257 e. The summed E-state index contributed by atoms with van der Waals surface area (Å²) in [6.45, 7) is 2.16. The standard InChI is InChI=1S/C18H15FIN3O2S/c19-13-10-11(20)3-4-14(13)22-17-15(12-2-1-5-21-16(12)26-17)18(24)23-6-8-25-9-7-23/h1-5,10,22H,6-9H2. The fraction of sp³-hybridized carbons (Fsp3) is 0.222. The van der Waals surface area contributed by atoms with Crippen molar-refractivity contribution in [3.05, 3.63) is 51.5 Å². The maximum atomic E-state index is 14.3. The Hall–Kier alpha value is -1.78. The Morgan fingerprint density at radius 1 is 1.31 bits per heavy atom. The Morgan fingerprint density at radius 3 is 2.88 bits per heavy atom. The molecule has 1 saturated heterocycles. The highest BCUT2D eigenvalue weighted by molar-refractivity contribution is 14.1. The van der Waals surface area contributed by atoms with Crippen molar-refractivity contribution >= 4 is 60.7 Å². The average molecular weight is 483 g/mol. The van der Waals surface area contributed by atoms with E-state index in [4.69, 9.17) is 4.74 Å². The second kappa shape index (κ2) is 7.45. The van der Waals surface area contributed by atoms with Crippen LogP contribution in [0.2, 0.25) is 0 Å². The Balaban J connectivity index is 1.77. The predicted octanol–water partition coefficient (Wildman–Crippen LogP) is 4.26. The highest BCUT2D eigenvalue weighted by Gasteiger charge is 2.26. The van der Waals surface area contributed by atoms with Gasteiger partial charge in [0.25, 0.3) is 5.91 Å². The van der Waals surface area contributed by atoms with Gasteiger partial charge in [-0.3, -0.25) is 4.79 Å². The SMILES string of the molecule is O=C(c1c(Nc2ccc(I)cc2F)sc2ncccc12)N1CCOCC1. The lowest BCUT2D eigenvalue weighted by molar-refractivity contribution is 0.0305. The molecule has 5 nitrogen and oxygen atoms in total. The summed E-state index contributed by atoms with van der Waals surface area (Å²) in [7, 11) is 0. The Labute approximate surface area is 167 Å². The molecular weight excluding hydrogens is 468 g/mol. The molecule has 2 aromatic heterocycles. The van der Waals surface area contributed by atoms with E-state index in [0.29, 0.717) is 42.6 Å². The summed E-state index contributed by atoms with van der Waals surface area (Å²) in [5.74, 6) is -0.437. The molecule has 0 aliphatic carbocycles. The number of amides is 1. The molecule has 0 unspecified atom stereocenters. The molecule has 3 heterocycles. The van der Waals surface area contributed by atoms with E-state index in [0.717, 1.165) is 13.8 Å². The van der Waals surface area contributed by atoms with Crippen molar-refractivity contribution in [2.75, 3.05) is 31.6 Å². The molecule has 4 rings (SSSR count). The first-order valence-electron chi connectivity index (χ1n) is 8.10. The van der Waals surface area contributed by atoms with Crippen LogP contribution in [0.3, 0.4) is 0 Å². The van der Waals surface area contributed by atoms with Crippen molar-refractivity contribution < 1.29 is 13.9 Å². The topological polar surface area (TPSA) is 54.5 Å². The molecule has 26 heavy (non-hydrogen) atoms. The van der Waals surface area contributed by atoms with Gasteiger partial charge in [-0.25, -0.2) is 9.37 Å². The molecule has 1 aromatic carbocycles. The summed E-state index contributed by atoms with van der Waals surface area (Å²) in [5, 5.41) is 4.49. The molecule has 0 atom stereocenters. The number of pyridine rings is 1. The number of anilines is 2. The number of rotatable bonds is 3. The van der Waals surface area contributed by atoms with Crippen LogP contribution in [0.5, 0.6) is 0 Å². The monoisotopic (exact) mass is 483 g/mol. The van der Waals surface area contributed by atoms with Gasteiger partial charge in [-0.1, -0.05) is 11.3 Å². The molecule has 1 fully saturated rings. The van der Waals surface area contributed by atoms with Gasteiger partial charge in [0.05, 0.1) is 24.5 Å². The van der Waals surface area contributed by atoms with Gasteiger partial charge < -0.3 is 15.0 Å². The number of carbonyl (C=O) groups excluding carboxylic acids is 1. The van der Waals surface area contributed by atoms with E-state index in [-0.39, 0.29) is 11.7 Å². The van der Waals surface area contributed by atoms with Gasteiger partial charge in [0, 0.05) is 28.2 Å². The van der Waals surface area contributed by atoms with Crippen molar-refractivity contribution in [3.63, 3.8) is 0 Å². The number of ether oxygens (including phenoxy) is 1. The van der Waals surface area contributed by atoms with Crippen molar-refractivity contribution in [2.24, 2.45) is 0 Å². The quantitative estimate of drug-likeness (QED) is 0.566. The third-order valence-electron chi connectivity index (χ3n) is 4.16. The third-order valence-corrected chi connectivity index (χ3v) is 5.86. The highest BCUT2D eigenvalue weighted by atomic mass is 127. The normalized spacial score (nSPS) is 14.6. The molecule has 0 bridgehead atoms. The summed E-state index contributed by atoms with van der Waals surface area (Å²) < 4.78 is 20.4. The fourth-order valence-electron chi connectivity index (χ4n) is 2.87. The first kappa shape index (κ1) is 17.6. The maximum Gasteiger partial charge on any atom is 0.257 e. The van der Waals surface area contributed by atoms with Crippen LogP contribution in [0, 0.1) is 9.39 Å². The molecule has 134 valence electrons. The van der Waals surface area contributed by atoms with Crippen LogP contribution in [-0.4, -0.2) is 42.1 Å². The van der Waals surface area contributed by atoms with Crippen LogP contribution >= 0.6 is 33.9 Å². The number of hydrogen-bond acceptors (Lipinski definition) is 5. The number of carbonyl (C=O) groups is 1. The van der Waals surface area contributed by atoms with Gasteiger partial charge in [-0.15, -0.1) is 0 Å². The fourth-order valence-corrected chi connectivity index (χ4v) is 4.37. The van der Waals surface area contributed by atoms with Crippen LogP contribution in [0.4, 0.5) is 15.1 Å². The minimum atomic E-state index is -0.355. The van der Waals surface area contributed by atoms with E-state index in [9.17, 15) is 9.18 Å². The van der Waals surface area contributed by atoms with Gasteiger partial charge in [0.15, 0.2) is 0 Å². The molecule has 8 heteroatoms. The summed E-state index contributed by atoms with van der Waals surface area (Å²) in [6.07, 6.45) is 1.69. The molecule has 1 N–H and O–H groups in total. The van der Waals surface area contributed by atoms with Gasteiger partial charge in [0.2, 0.25) is 0 Å². The third kappa shape index (κ3) is 3.40. The molecule has 1 aliphatic rings. The van der Waals surface area contributed by atoms with Gasteiger partial charge >= 0.3 is 0 Å². The number of aromatic nitrogens is 1. The molecule has 1 aliphatic heterocycles. The van der Waals surface area contributed by atoms with Gasteiger partial charge in [-0.05, 0) is 52.9 Å². The first-order chi connectivity index (χ1) is 12.6. The number of nitrogens with zero attached hydrogens (tertiary/aromatic N) is 2. The predicted molar refractivity (Wildman–Crippen MR) is 109 cm³/mol. The van der Waals surface area contributed by atoms with E-state index in [1.807, 2.05) is 12.1 Å². The van der Waals surface area contributed by atoms with E-state index in [1.54, 1.807) is 23.2 Å². The zero-order valence-corrected chi connectivity index (χ0v) is 16.6. The zero-order chi connectivity index (χ0) is 18.1. The van der Waals surface area contributed by atoms with Crippen LogP contribution in [-0.2, 0) is 4.74 Å². The van der Waals surface area contributed by atoms with E-state index < -0.39 is 0 Å².